The first kappa shape index (κ1) is 16.8. The number of aromatic amines is 1. The molecule has 0 bridgehead atoms. The topological polar surface area (TPSA) is 55.6 Å². The van der Waals surface area contributed by atoms with Gasteiger partial charge >= 0.3 is 0 Å². The molecule has 3 heterocycles. The molecule has 28 heavy (non-hydrogen) atoms. The first-order valence-corrected chi connectivity index (χ1v) is 9.30. The van der Waals surface area contributed by atoms with E-state index >= 15 is 0 Å². The first-order valence-electron chi connectivity index (χ1n) is 8.92. The van der Waals surface area contributed by atoms with E-state index in [1.807, 2.05) is 38.4 Å². The highest BCUT2D eigenvalue weighted by molar-refractivity contribution is 6.30. The lowest BCUT2D eigenvalue weighted by atomic mass is 10.0. The van der Waals surface area contributed by atoms with E-state index in [1.165, 1.54) is 0 Å². The van der Waals surface area contributed by atoms with Crippen molar-refractivity contribution in [2.45, 2.75) is 0 Å². The van der Waals surface area contributed by atoms with Gasteiger partial charge in [-0.05, 0) is 42.0 Å². The van der Waals surface area contributed by atoms with Gasteiger partial charge in [-0.25, -0.2) is 0 Å². The van der Waals surface area contributed by atoms with Crippen LogP contribution in [0.3, 0.4) is 0 Å². The van der Waals surface area contributed by atoms with Gasteiger partial charge in [0.05, 0.1) is 11.2 Å². The Balaban J connectivity index is 1.86. The molecule has 0 aliphatic carbocycles. The number of fused-ring (bicyclic) bond motifs is 3. The maximum atomic E-state index is 13.1. The molecule has 0 saturated carbocycles. The van der Waals surface area contributed by atoms with Crippen LogP contribution in [0.4, 0.5) is 0 Å². The summed E-state index contributed by atoms with van der Waals surface area (Å²) >= 11 is 6.02. The largest absolute Gasteiger partial charge is 0.330 e. The van der Waals surface area contributed by atoms with Crippen molar-refractivity contribution in [2.24, 2.45) is 14.1 Å². The summed E-state index contributed by atoms with van der Waals surface area (Å²) in [6.07, 6.45) is 1.74. The number of hydrogen-bond acceptors (Lipinski definition) is 2. The molecule has 0 amide bonds. The van der Waals surface area contributed by atoms with Crippen molar-refractivity contribution in [1.82, 2.24) is 19.3 Å². The fourth-order valence-electron chi connectivity index (χ4n) is 3.91. The van der Waals surface area contributed by atoms with Crippen LogP contribution in [0.1, 0.15) is 0 Å². The standard InChI is InChI=1S/C22H17ClN4O/c1-26-20-8-5-14(19-9-10-24-25-19)11-17(20)18-12-16(22(28)27(2)21(18)26)13-3-6-15(23)7-4-13/h3-12H,1-2H3,(H,24,25). The van der Waals surface area contributed by atoms with Crippen LogP contribution in [-0.2, 0) is 14.1 Å². The summed E-state index contributed by atoms with van der Waals surface area (Å²) in [5.74, 6) is 0. The van der Waals surface area contributed by atoms with Crippen LogP contribution in [0.2, 0.25) is 5.02 Å². The average Bonchev–Trinajstić information content (AvgIpc) is 3.33. The number of nitrogens with zero attached hydrogens (tertiary/aromatic N) is 3. The van der Waals surface area contributed by atoms with Crippen LogP contribution in [0.25, 0.3) is 44.3 Å². The van der Waals surface area contributed by atoms with E-state index in [9.17, 15) is 4.79 Å². The number of nitrogens with one attached hydrogen (secondary N) is 1. The zero-order valence-corrected chi connectivity index (χ0v) is 16.2. The van der Waals surface area contributed by atoms with E-state index in [0.29, 0.717) is 10.6 Å². The number of halogens is 1. The molecular weight excluding hydrogens is 372 g/mol. The van der Waals surface area contributed by atoms with E-state index in [2.05, 4.69) is 33.0 Å². The summed E-state index contributed by atoms with van der Waals surface area (Å²) < 4.78 is 3.78. The van der Waals surface area contributed by atoms with Crippen molar-refractivity contribution >= 4 is 33.5 Å². The van der Waals surface area contributed by atoms with Crippen LogP contribution < -0.4 is 5.56 Å². The smallest absolute Gasteiger partial charge is 0.259 e. The zero-order chi connectivity index (χ0) is 19.4. The molecule has 0 aliphatic heterocycles. The minimum absolute atomic E-state index is 0.0329. The third kappa shape index (κ3) is 2.40. The summed E-state index contributed by atoms with van der Waals surface area (Å²) in [5.41, 5.74) is 5.45. The van der Waals surface area contributed by atoms with Crippen LogP contribution >= 0.6 is 11.6 Å². The van der Waals surface area contributed by atoms with Crippen LogP contribution in [0.5, 0.6) is 0 Å². The first-order chi connectivity index (χ1) is 13.5. The Kier molecular flexibility index (Phi) is 3.67. The third-order valence-corrected chi connectivity index (χ3v) is 5.57. The predicted octanol–water partition coefficient (Wildman–Crippen LogP) is 4.74. The normalized spacial score (nSPS) is 11.5. The van der Waals surface area contributed by atoms with Crippen LogP contribution in [0.15, 0.2) is 65.6 Å². The van der Waals surface area contributed by atoms with Gasteiger partial charge in [-0.1, -0.05) is 29.8 Å². The van der Waals surface area contributed by atoms with E-state index < -0.39 is 0 Å². The summed E-state index contributed by atoms with van der Waals surface area (Å²) in [4.78, 5) is 13.1. The van der Waals surface area contributed by atoms with E-state index in [1.54, 1.807) is 22.9 Å². The van der Waals surface area contributed by atoms with Crippen molar-refractivity contribution in [3.05, 3.63) is 76.2 Å². The van der Waals surface area contributed by atoms with E-state index in [0.717, 1.165) is 38.8 Å². The lowest BCUT2D eigenvalue weighted by molar-refractivity contribution is 0.846. The van der Waals surface area contributed by atoms with Gasteiger partial charge in [0, 0.05) is 47.2 Å². The maximum Gasteiger partial charge on any atom is 0.259 e. The van der Waals surface area contributed by atoms with Crippen molar-refractivity contribution in [1.29, 1.82) is 0 Å². The Morgan fingerprint density at radius 1 is 0.893 bits per heavy atom. The Hall–Kier alpha value is -3.31. The monoisotopic (exact) mass is 388 g/mol. The molecule has 0 radical (unpaired) electrons. The molecule has 5 nitrogen and oxygen atoms in total. The molecular formula is C22H17ClN4O. The summed E-state index contributed by atoms with van der Waals surface area (Å²) in [6.45, 7) is 0. The van der Waals surface area contributed by atoms with Crippen molar-refractivity contribution in [3.63, 3.8) is 0 Å². The molecule has 0 unspecified atom stereocenters. The maximum absolute atomic E-state index is 13.1. The number of hydrogen-bond donors (Lipinski definition) is 1. The van der Waals surface area contributed by atoms with Crippen LogP contribution in [-0.4, -0.2) is 19.3 Å². The van der Waals surface area contributed by atoms with Gasteiger partial charge in [-0.3, -0.25) is 14.5 Å². The van der Waals surface area contributed by atoms with Gasteiger partial charge in [0.2, 0.25) is 0 Å². The average molecular weight is 389 g/mol. The lowest BCUT2D eigenvalue weighted by Gasteiger charge is -2.08. The predicted molar refractivity (Wildman–Crippen MR) is 114 cm³/mol. The third-order valence-electron chi connectivity index (χ3n) is 5.32. The molecule has 0 spiro atoms. The van der Waals surface area contributed by atoms with Gasteiger partial charge in [0.25, 0.3) is 5.56 Å². The minimum Gasteiger partial charge on any atom is -0.330 e. The second kappa shape index (κ2) is 6.11. The zero-order valence-electron chi connectivity index (χ0n) is 15.4. The van der Waals surface area contributed by atoms with Gasteiger partial charge in [0.15, 0.2) is 0 Å². The molecule has 0 aliphatic rings. The van der Waals surface area contributed by atoms with Crippen molar-refractivity contribution in [2.75, 3.05) is 0 Å². The minimum atomic E-state index is -0.0329. The summed E-state index contributed by atoms with van der Waals surface area (Å²) in [7, 11) is 3.81. The fourth-order valence-corrected chi connectivity index (χ4v) is 4.04. The van der Waals surface area contributed by atoms with E-state index in [4.69, 9.17) is 11.6 Å². The number of rotatable bonds is 2. The number of aryl methyl sites for hydroxylation is 2. The lowest BCUT2D eigenvalue weighted by Crippen LogP contribution is -2.20. The molecule has 3 aromatic heterocycles. The molecule has 5 rings (SSSR count). The number of aromatic nitrogens is 4. The number of H-pyrrole nitrogens is 1. The molecule has 2 aromatic carbocycles. The van der Waals surface area contributed by atoms with Gasteiger partial charge in [-0.15, -0.1) is 0 Å². The van der Waals surface area contributed by atoms with Gasteiger partial charge < -0.3 is 4.57 Å². The summed E-state index contributed by atoms with van der Waals surface area (Å²) in [5, 5.41) is 9.83. The van der Waals surface area contributed by atoms with Crippen molar-refractivity contribution < 1.29 is 0 Å². The molecule has 138 valence electrons. The highest BCUT2D eigenvalue weighted by atomic mass is 35.5. The Labute approximate surface area is 165 Å². The Morgan fingerprint density at radius 3 is 2.36 bits per heavy atom. The highest BCUT2D eigenvalue weighted by Gasteiger charge is 2.16. The van der Waals surface area contributed by atoms with Gasteiger partial charge in [-0.2, -0.15) is 5.10 Å². The molecule has 1 N–H and O–H groups in total. The van der Waals surface area contributed by atoms with Crippen molar-refractivity contribution in [3.8, 4) is 22.4 Å². The number of pyridine rings is 1. The van der Waals surface area contributed by atoms with Gasteiger partial charge in [0.1, 0.15) is 5.65 Å². The number of benzene rings is 2. The SMILES string of the molecule is Cn1c(=O)c(-c2ccc(Cl)cc2)cc2c3cc(-c4ccn[nH]4)ccc3n(C)c21. The quantitative estimate of drug-likeness (QED) is 0.475. The Bertz CT molecular complexity index is 1390. The second-order valence-corrected chi connectivity index (χ2v) is 7.36. The molecule has 0 atom stereocenters. The molecule has 5 aromatic rings. The van der Waals surface area contributed by atoms with E-state index in [-0.39, 0.29) is 5.56 Å². The molecule has 0 fully saturated rings. The highest BCUT2D eigenvalue weighted by Crippen LogP contribution is 2.32. The summed E-state index contributed by atoms with van der Waals surface area (Å²) in [6, 6.07) is 17.6. The Morgan fingerprint density at radius 2 is 1.64 bits per heavy atom. The fraction of sp³-hybridized carbons (Fsp3) is 0.0909. The molecule has 6 heteroatoms. The molecule has 0 saturated heterocycles. The van der Waals surface area contributed by atoms with Crippen LogP contribution in [0, 0.1) is 0 Å². The second-order valence-electron chi connectivity index (χ2n) is 6.93.